The van der Waals surface area contributed by atoms with Crippen molar-refractivity contribution in [3.8, 4) is 5.88 Å². The van der Waals surface area contributed by atoms with Gasteiger partial charge in [0, 0.05) is 19.2 Å². The number of hydrogen-bond donors (Lipinski definition) is 0. The summed E-state index contributed by atoms with van der Waals surface area (Å²) in [4.78, 5) is 6.74. The van der Waals surface area contributed by atoms with Crippen molar-refractivity contribution in [2.75, 3.05) is 37.8 Å². The van der Waals surface area contributed by atoms with Crippen molar-refractivity contribution in [1.82, 2.24) is 4.98 Å². The van der Waals surface area contributed by atoms with Crippen LogP contribution in [0.25, 0.3) is 0 Å². The summed E-state index contributed by atoms with van der Waals surface area (Å²) in [6, 6.07) is 5.92. The van der Waals surface area contributed by atoms with Crippen molar-refractivity contribution in [2.45, 2.75) is 13.8 Å². The van der Waals surface area contributed by atoms with Crippen molar-refractivity contribution in [2.24, 2.45) is 5.92 Å². The van der Waals surface area contributed by atoms with E-state index in [-0.39, 0.29) is 0 Å². The molecule has 0 radical (unpaired) electrons. The van der Waals surface area contributed by atoms with Gasteiger partial charge in [0.15, 0.2) is 0 Å². The lowest BCUT2D eigenvalue weighted by molar-refractivity contribution is 0.122. The first-order valence-electron chi connectivity index (χ1n) is 6.18. The molecule has 1 aromatic heterocycles. The smallest absolute Gasteiger partial charge is 0.215 e. The number of aromatic nitrogens is 1. The molecule has 0 amide bonds. The van der Waals surface area contributed by atoms with Gasteiger partial charge in [-0.3, -0.25) is 0 Å². The Kier molecular flexibility index (Phi) is 4.20. The second-order valence-electron chi connectivity index (χ2n) is 4.64. The van der Waals surface area contributed by atoms with E-state index in [0.717, 1.165) is 32.1 Å². The zero-order valence-electron chi connectivity index (χ0n) is 10.6. The zero-order valence-corrected chi connectivity index (χ0v) is 10.6. The van der Waals surface area contributed by atoms with Gasteiger partial charge in [-0.2, -0.15) is 4.98 Å². The van der Waals surface area contributed by atoms with Crippen LogP contribution >= 0.6 is 0 Å². The number of pyridine rings is 1. The Hall–Kier alpha value is -1.29. The highest BCUT2D eigenvalue weighted by atomic mass is 16.5. The molecule has 1 fully saturated rings. The third-order valence-corrected chi connectivity index (χ3v) is 2.61. The van der Waals surface area contributed by atoms with E-state index in [2.05, 4.69) is 23.7 Å². The Labute approximate surface area is 103 Å². The average Bonchev–Trinajstić information content (AvgIpc) is 2.38. The average molecular weight is 236 g/mol. The summed E-state index contributed by atoms with van der Waals surface area (Å²) in [5.74, 6) is 2.21. The minimum absolute atomic E-state index is 0.517. The Balaban J connectivity index is 2.00. The molecular formula is C13H20N2O2. The van der Waals surface area contributed by atoms with Gasteiger partial charge in [0.25, 0.3) is 0 Å². The number of ether oxygens (including phenoxy) is 2. The van der Waals surface area contributed by atoms with Gasteiger partial charge in [-0.25, -0.2) is 0 Å². The fourth-order valence-electron chi connectivity index (χ4n) is 1.70. The zero-order chi connectivity index (χ0) is 12.1. The van der Waals surface area contributed by atoms with E-state index >= 15 is 0 Å². The fourth-order valence-corrected chi connectivity index (χ4v) is 1.70. The summed E-state index contributed by atoms with van der Waals surface area (Å²) in [5, 5.41) is 0. The monoisotopic (exact) mass is 236 g/mol. The molecule has 0 aliphatic carbocycles. The topological polar surface area (TPSA) is 34.6 Å². The lowest BCUT2D eigenvalue weighted by atomic mass is 10.2. The SMILES string of the molecule is CC(C)COc1cccc(N2CCOCC2)n1. The molecule has 0 spiro atoms. The minimum atomic E-state index is 0.517. The highest BCUT2D eigenvalue weighted by Gasteiger charge is 2.12. The molecule has 94 valence electrons. The van der Waals surface area contributed by atoms with E-state index in [1.807, 2.05) is 18.2 Å². The van der Waals surface area contributed by atoms with Gasteiger partial charge in [0.1, 0.15) is 5.82 Å². The molecule has 0 unspecified atom stereocenters. The minimum Gasteiger partial charge on any atom is -0.477 e. The van der Waals surface area contributed by atoms with Crippen molar-refractivity contribution in [1.29, 1.82) is 0 Å². The van der Waals surface area contributed by atoms with Crippen LogP contribution in [-0.4, -0.2) is 37.9 Å². The molecule has 0 aromatic carbocycles. The first-order chi connectivity index (χ1) is 8.25. The molecule has 2 rings (SSSR count). The Morgan fingerprint density at radius 3 is 2.82 bits per heavy atom. The lowest BCUT2D eigenvalue weighted by Gasteiger charge is -2.27. The van der Waals surface area contributed by atoms with Crippen LogP contribution in [0, 0.1) is 5.92 Å². The van der Waals surface area contributed by atoms with Crippen LogP contribution in [0.5, 0.6) is 5.88 Å². The second kappa shape index (κ2) is 5.87. The second-order valence-corrected chi connectivity index (χ2v) is 4.64. The predicted molar refractivity (Wildman–Crippen MR) is 67.6 cm³/mol. The van der Waals surface area contributed by atoms with Crippen molar-refractivity contribution < 1.29 is 9.47 Å². The molecule has 0 N–H and O–H groups in total. The van der Waals surface area contributed by atoms with E-state index in [1.54, 1.807) is 0 Å². The Bertz CT molecular complexity index is 349. The van der Waals surface area contributed by atoms with Gasteiger partial charge in [-0.05, 0) is 12.0 Å². The van der Waals surface area contributed by atoms with Crippen molar-refractivity contribution in [3.63, 3.8) is 0 Å². The molecule has 4 nitrogen and oxygen atoms in total. The molecule has 17 heavy (non-hydrogen) atoms. The van der Waals surface area contributed by atoms with E-state index in [1.165, 1.54) is 0 Å². The third kappa shape index (κ3) is 3.60. The summed E-state index contributed by atoms with van der Waals surface area (Å²) >= 11 is 0. The molecule has 2 heterocycles. The van der Waals surface area contributed by atoms with E-state index in [4.69, 9.17) is 9.47 Å². The Morgan fingerprint density at radius 1 is 1.35 bits per heavy atom. The molecule has 1 aromatic rings. The molecule has 1 aliphatic heterocycles. The molecule has 1 aliphatic rings. The molecule has 1 saturated heterocycles. The van der Waals surface area contributed by atoms with Crippen LogP contribution in [0.15, 0.2) is 18.2 Å². The van der Waals surface area contributed by atoms with Crippen LogP contribution in [-0.2, 0) is 4.74 Å². The van der Waals surface area contributed by atoms with Crippen LogP contribution in [0.2, 0.25) is 0 Å². The maximum Gasteiger partial charge on any atom is 0.215 e. The summed E-state index contributed by atoms with van der Waals surface area (Å²) in [5.41, 5.74) is 0. The molecule has 0 atom stereocenters. The number of rotatable bonds is 4. The predicted octanol–water partition coefficient (Wildman–Crippen LogP) is 1.95. The summed E-state index contributed by atoms with van der Waals surface area (Å²) in [7, 11) is 0. The van der Waals surface area contributed by atoms with Crippen LogP contribution in [0.3, 0.4) is 0 Å². The van der Waals surface area contributed by atoms with Crippen molar-refractivity contribution in [3.05, 3.63) is 18.2 Å². The van der Waals surface area contributed by atoms with E-state index < -0.39 is 0 Å². The summed E-state index contributed by atoms with van der Waals surface area (Å²) in [6.45, 7) is 8.33. The normalized spacial score (nSPS) is 16.3. The van der Waals surface area contributed by atoms with Crippen molar-refractivity contribution >= 4 is 5.82 Å². The van der Waals surface area contributed by atoms with Gasteiger partial charge < -0.3 is 14.4 Å². The summed E-state index contributed by atoms with van der Waals surface area (Å²) < 4.78 is 11.0. The maximum absolute atomic E-state index is 5.63. The van der Waals surface area contributed by atoms with Gasteiger partial charge in [-0.15, -0.1) is 0 Å². The molecule has 0 saturated carbocycles. The maximum atomic E-state index is 5.63. The third-order valence-electron chi connectivity index (χ3n) is 2.61. The molecule has 0 bridgehead atoms. The van der Waals surface area contributed by atoms with E-state index in [0.29, 0.717) is 18.4 Å². The first-order valence-corrected chi connectivity index (χ1v) is 6.18. The van der Waals surface area contributed by atoms with Gasteiger partial charge in [-0.1, -0.05) is 19.9 Å². The van der Waals surface area contributed by atoms with Gasteiger partial charge in [0.05, 0.1) is 19.8 Å². The highest BCUT2D eigenvalue weighted by molar-refractivity contribution is 5.40. The highest BCUT2D eigenvalue weighted by Crippen LogP contribution is 2.17. The number of nitrogens with zero attached hydrogens (tertiary/aromatic N) is 2. The standard InChI is InChI=1S/C13H20N2O2/c1-11(2)10-17-13-5-3-4-12(14-13)15-6-8-16-9-7-15/h3-5,11H,6-10H2,1-2H3. The largest absolute Gasteiger partial charge is 0.477 e. The Morgan fingerprint density at radius 2 is 2.12 bits per heavy atom. The summed E-state index contributed by atoms with van der Waals surface area (Å²) in [6.07, 6.45) is 0. The van der Waals surface area contributed by atoms with Crippen LogP contribution in [0.4, 0.5) is 5.82 Å². The quantitative estimate of drug-likeness (QED) is 0.800. The number of anilines is 1. The van der Waals surface area contributed by atoms with Crippen LogP contribution in [0.1, 0.15) is 13.8 Å². The van der Waals surface area contributed by atoms with Gasteiger partial charge >= 0.3 is 0 Å². The van der Waals surface area contributed by atoms with Gasteiger partial charge in [0.2, 0.25) is 5.88 Å². The fraction of sp³-hybridized carbons (Fsp3) is 0.615. The molecule has 4 heteroatoms. The lowest BCUT2D eigenvalue weighted by Crippen LogP contribution is -2.36. The first kappa shape index (κ1) is 12.2. The number of morpholine rings is 1. The van der Waals surface area contributed by atoms with Crippen LogP contribution < -0.4 is 9.64 Å². The number of hydrogen-bond acceptors (Lipinski definition) is 4. The van der Waals surface area contributed by atoms with E-state index in [9.17, 15) is 0 Å². The molecular weight excluding hydrogens is 216 g/mol.